The van der Waals surface area contributed by atoms with Crippen LogP contribution in [0.5, 0.6) is 0 Å². The highest BCUT2D eigenvalue weighted by molar-refractivity contribution is 7.89. The van der Waals surface area contributed by atoms with Crippen molar-refractivity contribution in [3.05, 3.63) is 42.0 Å². The van der Waals surface area contributed by atoms with Gasteiger partial charge in [0, 0.05) is 6.54 Å². The van der Waals surface area contributed by atoms with E-state index in [-0.39, 0.29) is 23.8 Å². The fraction of sp³-hybridized carbons (Fsp3) is 0.550. The van der Waals surface area contributed by atoms with E-state index in [0.717, 1.165) is 18.5 Å². The molecule has 3 atom stereocenters. The summed E-state index contributed by atoms with van der Waals surface area (Å²) in [5.74, 6) is -0.145. The minimum atomic E-state index is -3.76. The summed E-state index contributed by atoms with van der Waals surface area (Å²) in [5.41, 5.74) is 0.959. The maximum atomic E-state index is 12.6. The van der Waals surface area contributed by atoms with E-state index < -0.39 is 28.3 Å². The summed E-state index contributed by atoms with van der Waals surface area (Å²) in [5, 5.41) is 12.5. The maximum absolute atomic E-state index is 12.6. The zero-order chi connectivity index (χ0) is 21.4. The highest BCUT2D eigenvalue weighted by atomic mass is 32.2. The van der Waals surface area contributed by atoms with E-state index in [1.165, 1.54) is 12.1 Å². The third-order valence-electron chi connectivity index (χ3n) is 4.58. The number of aliphatic hydroxyl groups excluding tert-OH is 1. The van der Waals surface area contributed by atoms with E-state index >= 15 is 0 Å². The molecule has 29 heavy (non-hydrogen) atoms. The number of hydrogen-bond donors (Lipinski definition) is 3. The normalized spacial score (nSPS) is 22.0. The number of aliphatic hydroxyl groups is 1. The monoisotopic (exact) mass is 425 g/mol. The van der Waals surface area contributed by atoms with Gasteiger partial charge in [-0.3, -0.25) is 4.79 Å². The highest BCUT2D eigenvalue weighted by Crippen LogP contribution is 2.18. The van der Waals surface area contributed by atoms with Crippen molar-refractivity contribution in [2.75, 3.05) is 33.8 Å². The van der Waals surface area contributed by atoms with E-state index in [1.807, 2.05) is 25.9 Å². The minimum Gasteiger partial charge on any atom is -0.394 e. The molecule has 1 heterocycles. The number of rotatable bonds is 10. The van der Waals surface area contributed by atoms with Gasteiger partial charge in [0.15, 0.2) is 0 Å². The number of carbonyl (C=O) groups excluding carboxylic acids is 1. The van der Waals surface area contributed by atoms with E-state index in [4.69, 9.17) is 4.74 Å². The average Bonchev–Trinajstić information content (AvgIpc) is 2.66. The Morgan fingerprint density at radius 1 is 1.21 bits per heavy atom. The van der Waals surface area contributed by atoms with Gasteiger partial charge in [-0.25, -0.2) is 13.1 Å². The number of sulfonamides is 1. The lowest BCUT2D eigenvalue weighted by Crippen LogP contribution is -2.49. The topological polar surface area (TPSA) is 108 Å². The van der Waals surface area contributed by atoms with Crippen molar-refractivity contribution < 1.29 is 23.1 Å². The van der Waals surface area contributed by atoms with E-state index in [9.17, 15) is 18.3 Å². The first-order valence-corrected chi connectivity index (χ1v) is 11.1. The lowest BCUT2D eigenvalue weighted by atomic mass is 10.1. The second kappa shape index (κ2) is 10.8. The molecule has 2 rings (SSSR count). The summed E-state index contributed by atoms with van der Waals surface area (Å²) >= 11 is 0. The van der Waals surface area contributed by atoms with Crippen LogP contribution in [0.3, 0.4) is 0 Å². The van der Waals surface area contributed by atoms with Crippen LogP contribution in [0.4, 0.5) is 0 Å². The van der Waals surface area contributed by atoms with Gasteiger partial charge in [0.25, 0.3) is 0 Å². The molecule has 0 aliphatic carbocycles. The van der Waals surface area contributed by atoms with Crippen LogP contribution in [0, 0.1) is 6.92 Å². The highest BCUT2D eigenvalue weighted by Gasteiger charge is 2.31. The van der Waals surface area contributed by atoms with E-state index in [1.54, 1.807) is 24.3 Å². The summed E-state index contributed by atoms with van der Waals surface area (Å²) < 4.78 is 33.4. The molecular weight excluding hydrogens is 394 g/mol. The van der Waals surface area contributed by atoms with Gasteiger partial charge < -0.3 is 20.1 Å². The summed E-state index contributed by atoms with van der Waals surface area (Å²) in [7, 11) is 0.189. The quantitative estimate of drug-likeness (QED) is 0.370. The molecule has 9 heteroatoms. The third-order valence-corrected chi connectivity index (χ3v) is 6.05. The van der Waals surface area contributed by atoms with Gasteiger partial charge in [0.2, 0.25) is 15.9 Å². The third kappa shape index (κ3) is 7.52. The van der Waals surface area contributed by atoms with Gasteiger partial charge in [-0.05, 0) is 46.1 Å². The van der Waals surface area contributed by atoms with Gasteiger partial charge in [0.05, 0.1) is 30.1 Å². The lowest BCUT2D eigenvalue weighted by Gasteiger charge is -2.31. The predicted molar refractivity (Wildman–Crippen MR) is 111 cm³/mol. The zero-order valence-corrected chi connectivity index (χ0v) is 18.0. The van der Waals surface area contributed by atoms with Crippen LogP contribution in [-0.2, 0) is 19.6 Å². The number of benzene rings is 1. The van der Waals surface area contributed by atoms with Gasteiger partial charge in [0.1, 0.15) is 6.10 Å². The fourth-order valence-electron chi connectivity index (χ4n) is 2.95. The van der Waals surface area contributed by atoms with Crippen molar-refractivity contribution in [2.45, 2.75) is 42.9 Å². The zero-order valence-electron chi connectivity index (χ0n) is 17.2. The summed E-state index contributed by atoms with van der Waals surface area (Å²) in [4.78, 5) is 14.3. The Hall–Kier alpha value is -1.78. The fourth-order valence-corrected chi connectivity index (χ4v) is 4.17. The van der Waals surface area contributed by atoms with Crippen LogP contribution >= 0.6 is 0 Å². The van der Waals surface area contributed by atoms with Crippen LogP contribution < -0.4 is 10.0 Å². The first-order chi connectivity index (χ1) is 13.7. The molecule has 1 amide bonds. The molecule has 0 aromatic heterocycles. The number of hydrogen-bond acceptors (Lipinski definition) is 6. The Balaban J connectivity index is 1.92. The summed E-state index contributed by atoms with van der Waals surface area (Å²) in [6.07, 6.45) is 2.98. The molecule has 3 N–H and O–H groups in total. The minimum absolute atomic E-state index is 0.117. The van der Waals surface area contributed by atoms with Crippen LogP contribution in [0.1, 0.15) is 18.4 Å². The first kappa shape index (κ1) is 23.5. The maximum Gasteiger partial charge on any atom is 0.241 e. The average molecular weight is 426 g/mol. The molecular formula is C20H31N3O5S. The molecule has 1 aromatic rings. The number of nitrogens with one attached hydrogen (secondary N) is 2. The molecule has 0 saturated heterocycles. The Labute approximate surface area is 173 Å². The van der Waals surface area contributed by atoms with Gasteiger partial charge >= 0.3 is 0 Å². The molecule has 0 radical (unpaired) electrons. The van der Waals surface area contributed by atoms with Crippen molar-refractivity contribution in [3.63, 3.8) is 0 Å². The van der Waals surface area contributed by atoms with E-state index in [2.05, 4.69) is 10.0 Å². The summed E-state index contributed by atoms with van der Waals surface area (Å²) in [6.45, 7) is 2.97. The van der Waals surface area contributed by atoms with Gasteiger partial charge in [-0.15, -0.1) is 0 Å². The Morgan fingerprint density at radius 2 is 1.90 bits per heavy atom. The van der Waals surface area contributed by atoms with Crippen molar-refractivity contribution in [1.29, 1.82) is 0 Å². The van der Waals surface area contributed by atoms with Crippen LogP contribution in [-0.4, -0.2) is 76.4 Å². The summed E-state index contributed by atoms with van der Waals surface area (Å²) in [6, 6.07) is 5.78. The number of nitrogens with zero attached hydrogens (tertiary/aromatic N) is 1. The van der Waals surface area contributed by atoms with Crippen LogP contribution in [0.15, 0.2) is 41.3 Å². The molecule has 0 bridgehead atoms. The number of carbonyl (C=O) groups is 1. The second-order valence-corrected chi connectivity index (χ2v) is 9.17. The molecule has 1 aromatic carbocycles. The molecule has 8 nitrogen and oxygen atoms in total. The Morgan fingerprint density at radius 3 is 2.52 bits per heavy atom. The Kier molecular flexibility index (Phi) is 8.79. The molecule has 1 aliphatic heterocycles. The second-order valence-electron chi connectivity index (χ2n) is 7.45. The SMILES string of the molecule is Cc1ccc(S(=O)(=O)N[C@@H]2C=C[C@@H](CC(=O)NCCCN(C)C)O[C@H]2CO)cc1. The van der Waals surface area contributed by atoms with Crippen molar-refractivity contribution in [3.8, 4) is 0 Å². The lowest BCUT2D eigenvalue weighted by molar-refractivity contribution is -0.125. The van der Waals surface area contributed by atoms with Crippen molar-refractivity contribution in [2.24, 2.45) is 0 Å². The molecule has 0 spiro atoms. The molecule has 0 unspecified atom stereocenters. The van der Waals surface area contributed by atoms with E-state index in [0.29, 0.717) is 6.54 Å². The standard InChI is InChI=1S/C20H31N3O5S/c1-15-5-8-17(9-6-15)29(26,27)22-18-10-7-16(28-19(18)14-24)13-20(25)21-11-4-12-23(2)3/h5-10,16,18-19,22,24H,4,11-14H2,1-3H3,(H,21,25)/t16-,18+,19-/m0/s1. The largest absolute Gasteiger partial charge is 0.394 e. The van der Waals surface area contributed by atoms with Gasteiger partial charge in [-0.2, -0.15) is 0 Å². The molecule has 0 saturated carbocycles. The number of aryl methyl sites for hydroxylation is 1. The molecule has 1 aliphatic rings. The van der Waals surface area contributed by atoms with Crippen molar-refractivity contribution >= 4 is 15.9 Å². The van der Waals surface area contributed by atoms with Crippen LogP contribution in [0.2, 0.25) is 0 Å². The smallest absolute Gasteiger partial charge is 0.241 e. The number of ether oxygens (including phenoxy) is 1. The van der Waals surface area contributed by atoms with Gasteiger partial charge in [-0.1, -0.05) is 29.8 Å². The van der Waals surface area contributed by atoms with Crippen LogP contribution in [0.25, 0.3) is 0 Å². The first-order valence-electron chi connectivity index (χ1n) is 9.66. The Bertz CT molecular complexity index is 793. The number of amides is 1. The predicted octanol–water partition coefficient (Wildman–Crippen LogP) is 0.416. The molecule has 162 valence electrons. The van der Waals surface area contributed by atoms with Crippen molar-refractivity contribution in [1.82, 2.24) is 14.9 Å². The molecule has 0 fully saturated rings.